The molecule has 9 nitrogen and oxygen atoms in total. The second-order valence-corrected chi connectivity index (χ2v) is 5.41. The highest BCUT2D eigenvalue weighted by molar-refractivity contribution is 6.19. The number of methoxy groups -OCH3 is 1. The molecule has 0 aliphatic carbocycles. The van der Waals surface area contributed by atoms with Crippen molar-refractivity contribution in [2.45, 2.75) is 44.5 Å². The van der Waals surface area contributed by atoms with Crippen LogP contribution in [0.1, 0.15) is 13.8 Å². The van der Waals surface area contributed by atoms with E-state index >= 15 is 0 Å². The van der Waals surface area contributed by atoms with Gasteiger partial charge >= 0.3 is 0 Å². The smallest absolute Gasteiger partial charge is 0.293 e. The predicted octanol–water partition coefficient (Wildman–Crippen LogP) is -1.67. The Morgan fingerprint density at radius 2 is 1.74 bits per heavy atom. The third-order valence-electron chi connectivity index (χ3n) is 4.17. The minimum atomic E-state index is -1.51. The van der Waals surface area contributed by atoms with Gasteiger partial charge in [-0.2, -0.15) is 0 Å². The van der Waals surface area contributed by atoms with Crippen LogP contribution in [0.5, 0.6) is 0 Å². The number of ether oxygens (including phenoxy) is 3. The number of hydrogen-bond acceptors (Lipinski definition) is 8. The van der Waals surface area contributed by atoms with Gasteiger partial charge in [0.2, 0.25) is 0 Å². The average molecular weight is 329 g/mol. The van der Waals surface area contributed by atoms with Crippen LogP contribution < -0.4 is 0 Å². The Balaban J connectivity index is 2.27. The van der Waals surface area contributed by atoms with Gasteiger partial charge in [0.1, 0.15) is 31.0 Å². The van der Waals surface area contributed by atoms with Crippen LogP contribution in [0.3, 0.4) is 0 Å². The quantitative estimate of drug-likeness (QED) is 0.453. The van der Waals surface area contributed by atoms with Gasteiger partial charge in [0.25, 0.3) is 18.3 Å². The van der Waals surface area contributed by atoms with Gasteiger partial charge < -0.3 is 24.4 Å². The van der Waals surface area contributed by atoms with Crippen molar-refractivity contribution in [1.82, 2.24) is 4.90 Å². The van der Waals surface area contributed by atoms with Crippen LogP contribution in [0.25, 0.3) is 0 Å². The van der Waals surface area contributed by atoms with Crippen molar-refractivity contribution in [2.24, 2.45) is 0 Å². The van der Waals surface area contributed by atoms with Crippen molar-refractivity contribution in [3.8, 4) is 0 Å². The van der Waals surface area contributed by atoms with Gasteiger partial charge in [-0.25, -0.2) is 0 Å². The number of carbonyl (C=O) groups is 3. The van der Waals surface area contributed by atoms with Crippen molar-refractivity contribution in [2.75, 3.05) is 13.7 Å². The molecule has 23 heavy (non-hydrogen) atoms. The lowest BCUT2D eigenvalue weighted by Crippen LogP contribution is -2.65. The molecule has 9 heteroatoms. The average Bonchev–Trinajstić information content (AvgIpc) is 2.73. The van der Waals surface area contributed by atoms with Crippen LogP contribution in [0, 0.1) is 0 Å². The monoisotopic (exact) mass is 329 g/mol. The topological polar surface area (TPSA) is 123 Å². The molecule has 1 fully saturated rings. The fourth-order valence-electron chi connectivity index (χ4n) is 2.70. The summed E-state index contributed by atoms with van der Waals surface area (Å²) >= 11 is 0. The number of amides is 2. The number of imide groups is 1. The van der Waals surface area contributed by atoms with Crippen molar-refractivity contribution < 1.29 is 38.8 Å². The van der Waals surface area contributed by atoms with Crippen LogP contribution in [0.2, 0.25) is 0 Å². The zero-order valence-electron chi connectivity index (χ0n) is 13.0. The molecule has 2 heterocycles. The second-order valence-electron chi connectivity index (χ2n) is 5.41. The lowest BCUT2D eigenvalue weighted by molar-refractivity contribution is -0.276. The first-order chi connectivity index (χ1) is 10.8. The molecule has 0 spiro atoms. The highest BCUT2D eigenvalue weighted by Crippen LogP contribution is 2.31. The Hall–Kier alpha value is -1.81. The lowest BCUT2D eigenvalue weighted by Gasteiger charge is -2.44. The zero-order valence-corrected chi connectivity index (χ0v) is 13.0. The number of aliphatic hydroxyl groups is 2. The molecule has 5 atom stereocenters. The van der Waals surface area contributed by atoms with Crippen LogP contribution in [0.4, 0.5) is 0 Å². The van der Waals surface area contributed by atoms with E-state index in [2.05, 4.69) is 4.74 Å². The maximum Gasteiger partial charge on any atom is 0.293 e. The van der Waals surface area contributed by atoms with Gasteiger partial charge in [0.15, 0.2) is 6.29 Å². The van der Waals surface area contributed by atoms with Gasteiger partial charge in [0.05, 0.1) is 0 Å². The third kappa shape index (κ3) is 2.88. The van der Waals surface area contributed by atoms with E-state index < -0.39 is 42.5 Å². The molecule has 0 bridgehead atoms. The summed E-state index contributed by atoms with van der Waals surface area (Å²) in [6.07, 6.45) is -5.19. The molecule has 2 aliphatic heterocycles. The summed E-state index contributed by atoms with van der Waals surface area (Å²) in [6, 6.07) is -1.21. The third-order valence-corrected chi connectivity index (χ3v) is 4.17. The molecule has 0 saturated carbocycles. The maximum absolute atomic E-state index is 12.3. The Morgan fingerprint density at radius 3 is 2.22 bits per heavy atom. The number of nitrogens with zero attached hydrogens (tertiary/aromatic N) is 1. The van der Waals surface area contributed by atoms with Crippen molar-refractivity contribution in [3.63, 3.8) is 0 Å². The van der Waals surface area contributed by atoms with E-state index in [0.29, 0.717) is 0 Å². The first kappa shape index (κ1) is 17.5. The Bertz CT molecular complexity index is 519. The Kier molecular flexibility index (Phi) is 5.15. The number of rotatable bonds is 5. The van der Waals surface area contributed by atoms with E-state index in [1.165, 1.54) is 21.0 Å². The van der Waals surface area contributed by atoms with Gasteiger partial charge in [0, 0.05) is 18.3 Å². The summed E-state index contributed by atoms with van der Waals surface area (Å²) in [5.41, 5.74) is 0.524. The van der Waals surface area contributed by atoms with E-state index in [4.69, 9.17) is 9.47 Å². The van der Waals surface area contributed by atoms with Crippen LogP contribution in [-0.2, 0) is 28.6 Å². The van der Waals surface area contributed by atoms with Gasteiger partial charge in [-0.3, -0.25) is 19.3 Å². The molecular weight excluding hydrogens is 310 g/mol. The highest BCUT2D eigenvalue weighted by Gasteiger charge is 2.52. The minimum absolute atomic E-state index is 0.181. The van der Waals surface area contributed by atoms with E-state index in [9.17, 15) is 24.6 Å². The molecule has 128 valence electrons. The molecule has 1 saturated heterocycles. The number of hydrogen-bond donors (Lipinski definition) is 2. The van der Waals surface area contributed by atoms with Crippen molar-refractivity contribution in [1.29, 1.82) is 0 Å². The summed E-state index contributed by atoms with van der Waals surface area (Å²) in [5.74, 6) is -1.14. The van der Waals surface area contributed by atoms with Crippen LogP contribution >= 0.6 is 0 Å². The van der Waals surface area contributed by atoms with Crippen molar-refractivity contribution >= 4 is 18.3 Å². The summed E-state index contributed by atoms with van der Waals surface area (Å²) in [6.45, 7) is 2.89. The second kappa shape index (κ2) is 6.75. The lowest BCUT2D eigenvalue weighted by atomic mass is 9.95. The standard InChI is InChI=1S/C14H19NO8/c1-6-7(2)13(20)15(12(6)19)9-11(18)10(17)8(4-22-5-16)23-14(9)21-3/h5,8-11,14,17-18H,4H2,1-3H3/t8-,9-,10-,11-,14+/m1/s1. The number of carbonyl (C=O) groups excluding carboxylic acids is 3. The molecule has 2 aliphatic rings. The van der Waals surface area contributed by atoms with Crippen LogP contribution in [0.15, 0.2) is 11.1 Å². The highest BCUT2D eigenvalue weighted by atomic mass is 16.7. The Morgan fingerprint density at radius 1 is 1.17 bits per heavy atom. The predicted molar refractivity (Wildman–Crippen MR) is 73.7 cm³/mol. The van der Waals surface area contributed by atoms with E-state index in [1.54, 1.807) is 0 Å². The van der Waals surface area contributed by atoms with E-state index in [0.717, 1.165) is 4.90 Å². The molecule has 2 amide bonds. The molecule has 2 N–H and O–H groups in total. The van der Waals surface area contributed by atoms with Gasteiger partial charge in [-0.05, 0) is 13.8 Å². The molecule has 0 aromatic rings. The number of aliphatic hydroxyl groups excluding tert-OH is 2. The fourth-order valence-corrected chi connectivity index (χ4v) is 2.70. The summed E-state index contributed by atoms with van der Waals surface area (Å²) < 4.78 is 15.1. The van der Waals surface area contributed by atoms with Crippen LogP contribution in [-0.4, -0.2) is 77.8 Å². The molecule has 0 unspecified atom stereocenters. The fraction of sp³-hybridized carbons (Fsp3) is 0.643. The molecule has 0 aromatic heterocycles. The molecule has 0 radical (unpaired) electrons. The maximum atomic E-state index is 12.3. The zero-order chi connectivity index (χ0) is 17.3. The first-order valence-electron chi connectivity index (χ1n) is 7.00. The summed E-state index contributed by atoms with van der Waals surface area (Å²) in [7, 11) is 1.28. The first-order valence-corrected chi connectivity index (χ1v) is 7.00. The SMILES string of the molecule is CO[C@H]1O[C@H](COC=O)[C@@H](O)[C@H](O)[C@H]1N1C(=O)C(C)=C(C)C1=O. The summed E-state index contributed by atoms with van der Waals surface area (Å²) in [5, 5.41) is 20.5. The van der Waals surface area contributed by atoms with E-state index in [-0.39, 0.29) is 24.2 Å². The largest absolute Gasteiger partial charge is 0.465 e. The molecule has 2 rings (SSSR count). The normalized spacial score (nSPS) is 35.0. The molecule has 0 aromatic carbocycles. The van der Waals surface area contributed by atoms with Gasteiger partial charge in [-0.1, -0.05) is 0 Å². The van der Waals surface area contributed by atoms with Gasteiger partial charge in [-0.15, -0.1) is 0 Å². The van der Waals surface area contributed by atoms with Crippen molar-refractivity contribution in [3.05, 3.63) is 11.1 Å². The minimum Gasteiger partial charge on any atom is -0.465 e. The van der Waals surface area contributed by atoms with E-state index in [1.807, 2.05) is 0 Å². The molecular formula is C14H19NO8. The summed E-state index contributed by atoms with van der Waals surface area (Å²) in [4.78, 5) is 35.6. The Labute approximate surface area is 132 Å².